The van der Waals surface area contributed by atoms with E-state index in [-0.39, 0.29) is 0 Å². The second-order valence-electron chi connectivity index (χ2n) is 5.05. The Morgan fingerprint density at radius 1 is 1.50 bits per heavy atom. The third-order valence-electron chi connectivity index (χ3n) is 3.51. The van der Waals surface area contributed by atoms with E-state index in [1.165, 1.54) is 10.8 Å². The maximum atomic E-state index is 12.0. The molecule has 124 valence electrons. The van der Waals surface area contributed by atoms with Crippen molar-refractivity contribution in [1.82, 2.24) is 9.55 Å². The summed E-state index contributed by atoms with van der Waals surface area (Å²) in [6, 6.07) is 0. The number of H-pyrrole nitrogens is 1. The lowest BCUT2D eigenvalue weighted by Crippen LogP contribution is -2.40. The standard InChI is InChI=1S/C13H20N2O6S/c1-7-5-15(13(19)14-11(7)18)12-10(20-3-4-22-2)9(17)8(6-16)21-12/h5,8-10,12,16-17H,3-4,6H2,1-2H3,(H,14,18,19)/t8-,9-,10-,12-/m1/s1. The first kappa shape index (κ1) is 17.2. The molecule has 1 aromatic rings. The Hall–Kier alpha value is -1.13. The van der Waals surface area contributed by atoms with Crippen molar-refractivity contribution >= 4 is 11.8 Å². The van der Waals surface area contributed by atoms with Gasteiger partial charge in [-0.25, -0.2) is 4.79 Å². The Bertz CT molecular complexity index is 615. The molecule has 1 aromatic heterocycles. The molecular weight excluding hydrogens is 312 g/mol. The molecule has 0 radical (unpaired) electrons. The van der Waals surface area contributed by atoms with Crippen LogP contribution in [0.25, 0.3) is 0 Å². The van der Waals surface area contributed by atoms with Crippen LogP contribution in [0.5, 0.6) is 0 Å². The average Bonchev–Trinajstić information content (AvgIpc) is 2.80. The first-order valence-electron chi connectivity index (χ1n) is 6.86. The molecule has 0 spiro atoms. The van der Waals surface area contributed by atoms with E-state index < -0.39 is 42.4 Å². The Kier molecular flexibility index (Phi) is 5.81. The molecule has 0 aromatic carbocycles. The summed E-state index contributed by atoms with van der Waals surface area (Å²) in [4.78, 5) is 25.6. The van der Waals surface area contributed by atoms with E-state index in [4.69, 9.17) is 9.47 Å². The summed E-state index contributed by atoms with van der Waals surface area (Å²) in [7, 11) is 0. The number of rotatable bonds is 6. The van der Waals surface area contributed by atoms with E-state index in [9.17, 15) is 19.8 Å². The third kappa shape index (κ3) is 3.44. The number of aromatic nitrogens is 2. The van der Waals surface area contributed by atoms with Gasteiger partial charge in [0.15, 0.2) is 6.23 Å². The molecule has 9 heteroatoms. The highest BCUT2D eigenvalue weighted by Gasteiger charge is 2.45. The van der Waals surface area contributed by atoms with Crippen molar-refractivity contribution in [1.29, 1.82) is 0 Å². The molecule has 3 N–H and O–H groups in total. The lowest BCUT2D eigenvalue weighted by atomic mass is 10.1. The van der Waals surface area contributed by atoms with Crippen molar-refractivity contribution in [2.45, 2.75) is 31.5 Å². The van der Waals surface area contributed by atoms with E-state index in [1.54, 1.807) is 18.7 Å². The molecule has 22 heavy (non-hydrogen) atoms. The zero-order valence-corrected chi connectivity index (χ0v) is 13.2. The van der Waals surface area contributed by atoms with Crippen LogP contribution in [0, 0.1) is 6.92 Å². The highest BCUT2D eigenvalue weighted by molar-refractivity contribution is 7.98. The van der Waals surface area contributed by atoms with Crippen molar-refractivity contribution < 1.29 is 19.7 Å². The zero-order chi connectivity index (χ0) is 16.3. The fourth-order valence-electron chi connectivity index (χ4n) is 2.32. The fraction of sp³-hybridized carbons (Fsp3) is 0.692. The minimum absolute atomic E-state index is 0.341. The summed E-state index contributed by atoms with van der Waals surface area (Å²) in [5, 5.41) is 19.5. The topological polar surface area (TPSA) is 114 Å². The van der Waals surface area contributed by atoms with Crippen molar-refractivity contribution in [3.63, 3.8) is 0 Å². The molecule has 0 unspecified atom stereocenters. The highest BCUT2D eigenvalue weighted by atomic mass is 32.2. The number of nitrogens with one attached hydrogen (secondary N) is 1. The van der Waals surface area contributed by atoms with E-state index in [0.29, 0.717) is 12.2 Å². The molecule has 0 aliphatic carbocycles. The van der Waals surface area contributed by atoms with Gasteiger partial charge in [0.2, 0.25) is 0 Å². The Balaban J connectivity index is 2.31. The summed E-state index contributed by atoms with van der Waals surface area (Å²) < 4.78 is 12.3. The minimum atomic E-state index is -1.06. The molecule has 0 saturated carbocycles. The fourth-order valence-corrected chi connectivity index (χ4v) is 2.58. The first-order chi connectivity index (χ1) is 10.5. The summed E-state index contributed by atoms with van der Waals surface area (Å²) in [6.45, 7) is 1.54. The Morgan fingerprint density at radius 2 is 2.23 bits per heavy atom. The number of hydrogen-bond donors (Lipinski definition) is 3. The number of ether oxygens (including phenoxy) is 2. The van der Waals surface area contributed by atoms with Crippen LogP contribution in [0.3, 0.4) is 0 Å². The lowest BCUT2D eigenvalue weighted by molar-refractivity contribution is -0.0712. The van der Waals surface area contributed by atoms with Gasteiger partial charge in [0, 0.05) is 17.5 Å². The minimum Gasteiger partial charge on any atom is -0.394 e. The maximum absolute atomic E-state index is 12.0. The number of aliphatic hydroxyl groups excluding tert-OH is 2. The van der Waals surface area contributed by atoms with Gasteiger partial charge >= 0.3 is 5.69 Å². The largest absolute Gasteiger partial charge is 0.394 e. The van der Waals surface area contributed by atoms with Crippen molar-refractivity contribution in [3.8, 4) is 0 Å². The van der Waals surface area contributed by atoms with Gasteiger partial charge in [0.05, 0.1) is 13.2 Å². The van der Waals surface area contributed by atoms with E-state index >= 15 is 0 Å². The van der Waals surface area contributed by atoms with Crippen molar-refractivity contribution in [2.24, 2.45) is 0 Å². The van der Waals surface area contributed by atoms with Gasteiger partial charge in [0.25, 0.3) is 5.56 Å². The molecule has 2 heterocycles. The average molecular weight is 332 g/mol. The van der Waals surface area contributed by atoms with Crippen molar-refractivity contribution in [2.75, 3.05) is 25.2 Å². The predicted octanol–water partition coefficient (Wildman–Crippen LogP) is -1.16. The molecule has 1 saturated heterocycles. The third-order valence-corrected chi connectivity index (χ3v) is 4.09. The molecular formula is C13H20N2O6S. The van der Waals surface area contributed by atoms with Crippen LogP contribution < -0.4 is 11.2 Å². The number of aromatic amines is 1. The molecule has 0 bridgehead atoms. The maximum Gasteiger partial charge on any atom is 0.330 e. The quantitative estimate of drug-likeness (QED) is 0.563. The number of hydrogen-bond acceptors (Lipinski definition) is 7. The van der Waals surface area contributed by atoms with Gasteiger partial charge in [-0.1, -0.05) is 0 Å². The molecule has 0 amide bonds. The van der Waals surface area contributed by atoms with E-state index in [1.807, 2.05) is 6.26 Å². The second kappa shape index (κ2) is 7.42. The van der Waals surface area contributed by atoms with Gasteiger partial charge in [-0.3, -0.25) is 14.3 Å². The van der Waals surface area contributed by atoms with Gasteiger partial charge in [-0.05, 0) is 13.2 Å². The number of thioether (sulfide) groups is 1. The van der Waals surface area contributed by atoms with Gasteiger partial charge in [-0.15, -0.1) is 0 Å². The van der Waals surface area contributed by atoms with Gasteiger partial charge in [0.1, 0.15) is 18.3 Å². The van der Waals surface area contributed by atoms with Gasteiger partial charge < -0.3 is 19.7 Å². The summed E-state index contributed by atoms with van der Waals surface area (Å²) in [5.74, 6) is 0.722. The van der Waals surface area contributed by atoms with E-state index in [0.717, 1.165) is 5.75 Å². The van der Waals surface area contributed by atoms with Crippen LogP contribution in [0.1, 0.15) is 11.8 Å². The van der Waals surface area contributed by atoms with Crippen LogP contribution in [0.2, 0.25) is 0 Å². The summed E-state index contributed by atoms with van der Waals surface area (Å²) in [6.07, 6.45) is -0.318. The van der Waals surface area contributed by atoms with Crippen LogP contribution in [-0.4, -0.2) is 63.3 Å². The predicted molar refractivity (Wildman–Crippen MR) is 81.2 cm³/mol. The number of aryl methyl sites for hydroxylation is 1. The molecule has 1 fully saturated rings. The van der Waals surface area contributed by atoms with Gasteiger partial charge in [-0.2, -0.15) is 11.8 Å². The SMILES string of the molecule is CSCCO[C@@H]1[C@H](O)[C@@H](CO)O[C@H]1n1cc(C)c(=O)[nH]c1=O. The van der Waals surface area contributed by atoms with Crippen LogP contribution in [0.4, 0.5) is 0 Å². The van der Waals surface area contributed by atoms with Crippen LogP contribution in [-0.2, 0) is 9.47 Å². The van der Waals surface area contributed by atoms with Crippen LogP contribution in [0.15, 0.2) is 15.8 Å². The lowest BCUT2D eigenvalue weighted by Gasteiger charge is -2.22. The number of aliphatic hydroxyl groups is 2. The number of nitrogens with zero attached hydrogens (tertiary/aromatic N) is 1. The zero-order valence-electron chi connectivity index (χ0n) is 12.4. The highest BCUT2D eigenvalue weighted by Crippen LogP contribution is 2.30. The van der Waals surface area contributed by atoms with E-state index in [2.05, 4.69) is 4.98 Å². The monoisotopic (exact) mass is 332 g/mol. The first-order valence-corrected chi connectivity index (χ1v) is 8.26. The molecule has 1 aliphatic heterocycles. The summed E-state index contributed by atoms with van der Waals surface area (Å²) >= 11 is 1.58. The molecule has 1 aliphatic rings. The van der Waals surface area contributed by atoms with Crippen LogP contribution >= 0.6 is 11.8 Å². The molecule has 2 rings (SSSR count). The van der Waals surface area contributed by atoms with Crippen molar-refractivity contribution in [3.05, 3.63) is 32.6 Å². The second-order valence-corrected chi connectivity index (χ2v) is 6.03. The molecule has 8 nitrogen and oxygen atoms in total. The molecule has 4 atom stereocenters. The smallest absolute Gasteiger partial charge is 0.330 e. The Morgan fingerprint density at radius 3 is 2.86 bits per heavy atom. The normalized spacial score (nSPS) is 28.2. The Labute approximate surface area is 131 Å². The summed E-state index contributed by atoms with van der Waals surface area (Å²) in [5.41, 5.74) is -0.781.